The molecular weight excluding hydrogens is 317 g/mol. The van der Waals surface area contributed by atoms with E-state index in [1.807, 2.05) is 6.92 Å². The molecule has 8 heteroatoms. The molecule has 1 saturated heterocycles. The van der Waals surface area contributed by atoms with Crippen molar-refractivity contribution in [1.29, 1.82) is 0 Å². The fourth-order valence-electron chi connectivity index (χ4n) is 2.29. The highest BCUT2D eigenvalue weighted by atomic mass is 35.5. The van der Waals surface area contributed by atoms with E-state index in [9.17, 15) is 12.8 Å². The summed E-state index contributed by atoms with van der Waals surface area (Å²) in [6.45, 7) is 3.25. The van der Waals surface area contributed by atoms with Crippen LogP contribution in [0.15, 0.2) is 18.2 Å². The van der Waals surface area contributed by atoms with Gasteiger partial charge in [-0.25, -0.2) is 4.39 Å². The predicted molar refractivity (Wildman–Crippen MR) is 80.8 cm³/mol. The summed E-state index contributed by atoms with van der Waals surface area (Å²) in [7, 11) is -2.19. The van der Waals surface area contributed by atoms with Crippen molar-refractivity contribution < 1.29 is 12.8 Å². The maximum absolute atomic E-state index is 13.8. The monoisotopic (exact) mass is 335 g/mol. The maximum Gasteiger partial charge on any atom is 0.282 e. The Labute approximate surface area is 129 Å². The van der Waals surface area contributed by atoms with Crippen molar-refractivity contribution in [2.75, 3.05) is 26.7 Å². The zero-order valence-electron chi connectivity index (χ0n) is 12.0. The molecule has 0 unspecified atom stereocenters. The zero-order valence-corrected chi connectivity index (χ0v) is 13.6. The molecule has 0 bridgehead atoms. The fourth-order valence-corrected chi connectivity index (χ4v) is 3.93. The largest absolute Gasteiger partial charge is 0.312 e. The number of hydrogen-bond donors (Lipinski definition) is 1. The molecule has 1 aromatic carbocycles. The van der Waals surface area contributed by atoms with Crippen molar-refractivity contribution in [3.05, 3.63) is 34.6 Å². The number of rotatable bonds is 4. The highest BCUT2D eigenvalue weighted by Gasteiger charge is 2.31. The van der Waals surface area contributed by atoms with E-state index >= 15 is 0 Å². The molecule has 21 heavy (non-hydrogen) atoms. The van der Waals surface area contributed by atoms with Gasteiger partial charge in [0.1, 0.15) is 5.82 Å². The van der Waals surface area contributed by atoms with Gasteiger partial charge in [-0.05, 0) is 19.1 Å². The van der Waals surface area contributed by atoms with E-state index in [2.05, 4.69) is 5.32 Å². The van der Waals surface area contributed by atoms with E-state index in [0.29, 0.717) is 19.6 Å². The molecule has 1 N–H and O–H groups in total. The summed E-state index contributed by atoms with van der Waals surface area (Å²) in [4.78, 5) is 0. The van der Waals surface area contributed by atoms with Gasteiger partial charge in [-0.3, -0.25) is 0 Å². The van der Waals surface area contributed by atoms with Crippen LogP contribution in [-0.2, 0) is 16.8 Å². The van der Waals surface area contributed by atoms with Crippen LogP contribution >= 0.6 is 11.6 Å². The summed E-state index contributed by atoms with van der Waals surface area (Å²) >= 11 is 5.95. The van der Waals surface area contributed by atoms with Gasteiger partial charge in [0.2, 0.25) is 0 Å². The lowest BCUT2D eigenvalue weighted by atomic mass is 10.2. The van der Waals surface area contributed by atoms with Gasteiger partial charge in [0.15, 0.2) is 0 Å². The van der Waals surface area contributed by atoms with Crippen LogP contribution in [0.5, 0.6) is 0 Å². The van der Waals surface area contributed by atoms with Gasteiger partial charge in [-0.15, -0.1) is 0 Å². The molecule has 118 valence electrons. The van der Waals surface area contributed by atoms with Crippen molar-refractivity contribution in [2.45, 2.75) is 19.5 Å². The molecule has 1 aromatic rings. The third kappa shape index (κ3) is 3.73. The van der Waals surface area contributed by atoms with Crippen LogP contribution in [-0.4, -0.2) is 49.8 Å². The minimum Gasteiger partial charge on any atom is -0.312 e. The minimum atomic E-state index is -3.63. The van der Waals surface area contributed by atoms with Crippen molar-refractivity contribution in [1.82, 2.24) is 13.9 Å². The first-order valence-electron chi connectivity index (χ1n) is 6.70. The molecule has 0 spiro atoms. The Balaban J connectivity index is 2.17. The van der Waals surface area contributed by atoms with E-state index in [1.54, 1.807) is 6.07 Å². The zero-order chi connectivity index (χ0) is 15.6. The molecule has 0 aliphatic carbocycles. The van der Waals surface area contributed by atoms with E-state index in [4.69, 9.17) is 11.6 Å². The molecule has 1 aliphatic rings. The Bertz CT molecular complexity index is 591. The summed E-state index contributed by atoms with van der Waals surface area (Å²) in [5.74, 6) is -0.502. The van der Waals surface area contributed by atoms with Crippen LogP contribution in [0.3, 0.4) is 0 Å². The smallest absolute Gasteiger partial charge is 0.282 e. The van der Waals surface area contributed by atoms with E-state index in [0.717, 1.165) is 4.31 Å². The molecule has 1 fully saturated rings. The molecule has 1 heterocycles. The van der Waals surface area contributed by atoms with Gasteiger partial charge in [0.05, 0.1) is 0 Å². The molecule has 5 nitrogen and oxygen atoms in total. The van der Waals surface area contributed by atoms with Crippen molar-refractivity contribution in [3.8, 4) is 0 Å². The van der Waals surface area contributed by atoms with Crippen LogP contribution in [0, 0.1) is 5.82 Å². The predicted octanol–water partition coefficient (Wildman–Crippen LogP) is 1.45. The molecule has 0 aromatic heterocycles. The number of hydrogen-bond acceptors (Lipinski definition) is 3. The molecule has 2 rings (SSSR count). The van der Waals surface area contributed by atoms with E-state index < -0.39 is 16.0 Å². The number of nitrogens with zero attached hydrogens (tertiary/aromatic N) is 2. The second-order valence-corrected chi connectivity index (χ2v) is 7.62. The lowest BCUT2D eigenvalue weighted by molar-refractivity contribution is 0.287. The normalized spacial score (nSPS) is 20.9. The Morgan fingerprint density at radius 2 is 2.24 bits per heavy atom. The third-order valence-electron chi connectivity index (χ3n) is 3.49. The van der Waals surface area contributed by atoms with E-state index in [-0.39, 0.29) is 23.2 Å². The lowest BCUT2D eigenvalue weighted by Crippen LogP contribution is -2.54. The number of nitrogens with one attached hydrogen (secondary N) is 1. The molecule has 0 amide bonds. The second kappa shape index (κ2) is 6.58. The average molecular weight is 336 g/mol. The lowest BCUT2D eigenvalue weighted by Gasteiger charge is -2.33. The van der Waals surface area contributed by atoms with Crippen LogP contribution in [0.2, 0.25) is 5.02 Å². The fraction of sp³-hybridized carbons (Fsp3) is 0.538. The summed E-state index contributed by atoms with van der Waals surface area (Å²) in [5.41, 5.74) is 0.188. The number of piperazine rings is 1. The SMILES string of the molecule is C[C@H]1CN(S(=O)(=O)N(C)Cc2c(F)cccc2Cl)CCN1. The summed E-state index contributed by atoms with van der Waals surface area (Å²) in [6.07, 6.45) is 0. The van der Waals surface area contributed by atoms with Gasteiger partial charge in [-0.2, -0.15) is 17.0 Å². The third-order valence-corrected chi connectivity index (χ3v) is 5.75. The van der Waals surface area contributed by atoms with Gasteiger partial charge in [-0.1, -0.05) is 17.7 Å². The summed E-state index contributed by atoms with van der Waals surface area (Å²) < 4.78 is 41.3. The first kappa shape index (κ1) is 16.6. The highest BCUT2D eigenvalue weighted by Crippen LogP contribution is 2.22. The van der Waals surface area contributed by atoms with Crippen LogP contribution in [0.4, 0.5) is 4.39 Å². The quantitative estimate of drug-likeness (QED) is 0.906. The number of benzene rings is 1. The van der Waals surface area contributed by atoms with Crippen molar-refractivity contribution in [2.24, 2.45) is 0 Å². The van der Waals surface area contributed by atoms with E-state index in [1.165, 1.54) is 23.5 Å². The molecule has 1 aliphatic heterocycles. The first-order chi connectivity index (χ1) is 9.82. The molecular formula is C13H19ClFN3O2S. The minimum absolute atomic E-state index is 0.0911. The molecule has 0 saturated carbocycles. The molecule has 1 atom stereocenters. The highest BCUT2D eigenvalue weighted by molar-refractivity contribution is 7.86. The summed E-state index contributed by atoms with van der Waals surface area (Å²) in [5, 5.41) is 3.41. The topological polar surface area (TPSA) is 52.7 Å². The van der Waals surface area contributed by atoms with Crippen LogP contribution in [0.1, 0.15) is 12.5 Å². The van der Waals surface area contributed by atoms with Crippen molar-refractivity contribution >= 4 is 21.8 Å². The first-order valence-corrected chi connectivity index (χ1v) is 8.47. The van der Waals surface area contributed by atoms with Gasteiger partial charge in [0, 0.05) is 49.9 Å². The second-order valence-electron chi connectivity index (χ2n) is 5.18. The van der Waals surface area contributed by atoms with Gasteiger partial charge in [0.25, 0.3) is 10.2 Å². The standard InChI is InChI=1S/C13H19ClFN3O2S/c1-10-8-18(7-6-16-10)21(19,20)17(2)9-11-12(14)4-3-5-13(11)15/h3-5,10,16H,6-9H2,1-2H3/t10-/m0/s1. The average Bonchev–Trinajstić information content (AvgIpc) is 2.42. The Morgan fingerprint density at radius 1 is 1.52 bits per heavy atom. The Hall–Kier alpha value is -0.730. The van der Waals surface area contributed by atoms with Crippen LogP contribution < -0.4 is 5.32 Å². The Morgan fingerprint density at radius 3 is 2.86 bits per heavy atom. The van der Waals surface area contributed by atoms with Gasteiger partial charge >= 0.3 is 0 Å². The number of halogens is 2. The maximum atomic E-state index is 13.8. The van der Waals surface area contributed by atoms with Crippen LogP contribution in [0.25, 0.3) is 0 Å². The molecule has 0 radical (unpaired) electrons. The summed E-state index contributed by atoms with van der Waals surface area (Å²) in [6, 6.07) is 4.41. The Kier molecular flexibility index (Phi) is 5.21. The van der Waals surface area contributed by atoms with Gasteiger partial charge < -0.3 is 5.32 Å². The van der Waals surface area contributed by atoms with Crippen molar-refractivity contribution in [3.63, 3.8) is 0 Å².